The summed E-state index contributed by atoms with van der Waals surface area (Å²) in [5.74, 6) is -1.45. The van der Waals surface area contributed by atoms with Gasteiger partial charge in [-0.1, -0.05) is 0 Å². The summed E-state index contributed by atoms with van der Waals surface area (Å²) in [7, 11) is 1.24. The molecule has 0 rings (SSSR count). The fourth-order valence-electron chi connectivity index (χ4n) is 0.806. The van der Waals surface area contributed by atoms with Crippen molar-refractivity contribution in [3.8, 4) is 0 Å². The van der Waals surface area contributed by atoms with Gasteiger partial charge in [-0.15, -0.1) is 11.6 Å². The van der Waals surface area contributed by atoms with Gasteiger partial charge in [-0.2, -0.15) is 0 Å². The predicted octanol–water partition coefficient (Wildman–Crippen LogP) is 0.179. The van der Waals surface area contributed by atoms with Gasteiger partial charge in [0.15, 0.2) is 0 Å². The van der Waals surface area contributed by atoms with Gasteiger partial charge in [-0.3, -0.25) is 14.9 Å². The molecule has 0 bridgehead atoms. The van der Waals surface area contributed by atoms with Crippen LogP contribution in [-0.4, -0.2) is 36.2 Å². The molecule has 0 saturated carbocycles. The Morgan fingerprint density at radius 2 is 2.23 bits per heavy atom. The summed E-state index contributed by atoms with van der Waals surface area (Å²) in [5.41, 5.74) is 0. The molecule has 0 aliphatic rings. The van der Waals surface area contributed by atoms with Gasteiger partial charge in [0, 0.05) is 6.42 Å². The summed E-state index contributed by atoms with van der Waals surface area (Å²) in [6.45, 7) is 0. The van der Waals surface area contributed by atoms with Crippen molar-refractivity contribution in [1.29, 1.82) is 0 Å². The lowest BCUT2D eigenvalue weighted by Crippen LogP contribution is -2.37. The average molecular weight is 210 g/mol. The highest BCUT2D eigenvalue weighted by molar-refractivity contribution is 6.17. The number of carboxylic acids is 1. The Hall–Kier alpha value is -0.810. The molecule has 5 nitrogen and oxygen atoms in total. The number of esters is 1. The molecule has 0 aromatic rings. The normalized spacial score (nSPS) is 12.2. The molecule has 0 aromatic heterocycles. The van der Waals surface area contributed by atoms with Gasteiger partial charge >= 0.3 is 11.9 Å². The minimum atomic E-state index is -0.953. The monoisotopic (exact) mass is 209 g/mol. The summed E-state index contributed by atoms with van der Waals surface area (Å²) in [6, 6.07) is -0.557. The molecule has 0 fully saturated rings. The van der Waals surface area contributed by atoms with Crippen LogP contribution in [0.3, 0.4) is 0 Å². The van der Waals surface area contributed by atoms with Gasteiger partial charge in [0.1, 0.15) is 6.04 Å². The van der Waals surface area contributed by atoms with E-state index in [9.17, 15) is 9.59 Å². The zero-order valence-corrected chi connectivity index (χ0v) is 8.00. The number of hydrogen-bond acceptors (Lipinski definition) is 4. The van der Waals surface area contributed by atoms with Gasteiger partial charge in [0.05, 0.1) is 13.1 Å². The van der Waals surface area contributed by atoms with E-state index in [0.717, 1.165) is 0 Å². The molecule has 0 spiro atoms. The van der Waals surface area contributed by atoms with Crippen molar-refractivity contribution in [2.24, 2.45) is 0 Å². The van der Waals surface area contributed by atoms with Gasteiger partial charge < -0.3 is 9.84 Å². The third kappa shape index (κ3) is 5.43. The van der Waals surface area contributed by atoms with E-state index in [0.29, 0.717) is 0 Å². The highest BCUT2D eigenvalue weighted by Crippen LogP contribution is 1.99. The number of nitrogens with one attached hydrogen (secondary N) is 1. The quantitative estimate of drug-likeness (QED) is 0.371. The van der Waals surface area contributed by atoms with Crippen LogP contribution in [0.1, 0.15) is 12.8 Å². The SMILES string of the molecule is COC(=O)[C@H](CCC(=O)O)NCCl. The van der Waals surface area contributed by atoms with Crippen molar-refractivity contribution >= 4 is 23.5 Å². The Labute approximate surface area is 81.0 Å². The van der Waals surface area contributed by atoms with Crippen LogP contribution in [0.15, 0.2) is 0 Å². The van der Waals surface area contributed by atoms with Crippen LogP contribution in [-0.2, 0) is 14.3 Å². The number of carbonyl (C=O) groups is 2. The number of rotatable bonds is 6. The van der Waals surface area contributed by atoms with E-state index in [-0.39, 0.29) is 18.8 Å². The van der Waals surface area contributed by atoms with Gasteiger partial charge in [0.25, 0.3) is 0 Å². The molecule has 76 valence electrons. The first kappa shape index (κ1) is 12.2. The number of methoxy groups -OCH3 is 1. The first-order valence-electron chi connectivity index (χ1n) is 3.70. The topological polar surface area (TPSA) is 75.6 Å². The zero-order valence-electron chi connectivity index (χ0n) is 7.25. The predicted molar refractivity (Wildman–Crippen MR) is 46.5 cm³/mol. The molecule has 0 amide bonds. The lowest BCUT2D eigenvalue weighted by molar-refractivity contribution is -0.143. The minimum Gasteiger partial charge on any atom is -0.481 e. The Bertz CT molecular complexity index is 185. The summed E-state index contributed by atoms with van der Waals surface area (Å²) in [4.78, 5) is 21.2. The number of aliphatic carboxylic acids is 1. The standard InChI is InChI=1S/C7H12ClNO4/c1-13-7(12)5(9-4-8)2-3-6(10)11/h5,9H,2-4H2,1H3,(H,10,11)/t5-/m0/s1. The van der Waals surface area contributed by atoms with E-state index in [4.69, 9.17) is 16.7 Å². The van der Waals surface area contributed by atoms with Crippen molar-refractivity contribution in [3.05, 3.63) is 0 Å². The summed E-state index contributed by atoms with van der Waals surface area (Å²) in [5, 5.41) is 11.0. The molecule has 6 heteroatoms. The number of alkyl halides is 1. The fourth-order valence-corrected chi connectivity index (χ4v) is 0.993. The van der Waals surface area contributed by atoms with Crippen molar-refractivity contribution in [3.63, 3.8) is 0 Å². The van der Waals surface area contributed by atoms with Gasteiger partial charge in [0.2, 0.25) is 0 Å². The van der Waals surface area contributed by atoms with E-state index in [2.05, 4.69) is 10.1 Å². The minimum absolute atomic E-state index is 0.0827. The molecular formula is C7H12ClNO4. The number of carbonyl (C=O) groups excluding carboxylic acids is 1. The number of halogens is 1. The molecule has 0 aromatic carbocycles. The number of carboxylic acid groups (broad SMARTS) is 1. The highest BCUT2D eigenvalue weighted by Gasteiger charge is 2.18. The van der Waals surface area contributed by atoms with Crippen LogP contribution in [0.4, 0.5) is 0 Å². The largest absolute Gasteiger partial charge is 0.481 e. The Kier molecular flexibility index (Phi) is 6.26. The number of hydrogen-bond donors (Lipinski definition) is 2. The van der Waals surface area contributed by atoms with Crippen molar-refractivity contribution in [1.82, 2.24) is 5.32 Å². The lowest BCUT2D eigenvalue weighted by Gasteiger charge is -2.12. The van der Waals surface area contributed by atoms with Crippen LogP contribution in [0.5, 0.6) is 0 Å². The van der Waals surface area contributed by atoms with Crippen LogP contribution in [0.2, 0.25) is 0 Å². The van der Waals surface area contributed by atoms with Crippen LogP contribution < -0.4 is 5.32 Å². The molecule has 0 heterocycles. The van der Waals surface area contributed by atoms with E-state index >= 15 is 0 Å². The first-order valence-corrected chi connectivity index (χ1v) is 4.24. The Morgan fingerprint density at radius 1 is 1.62 bits per heavy atom. The van der Waals surface area contributed by atoms with Gasteiger partial charge in [-0.25, -0.2) is 0 Å². The first-order chi connectivity index (χ1) is 6.11. The Morgan fingerprint density at radius 3 is 2.62 bits per heavy atom. The summed E-state index contributed by atoms with van der Waals surface area (Å²) in [6.07, 6.45) is 0.0817. The molecule has 0 saturated heterocycles. The Balaban J connectivity index is 3.93. The fraction of sp³-hybridized carbons (Fsp3) is 0.714. The summed E-state index contributed by atoms with van der Waals surface area (Å²) < 4.78 is 4.44. The third-order valence-electron chi connectivity index (χ3n) is 1.46. The summed E-state index contributed by atoms with van der Waals surface area (Å²) >= 11 is 5.35. The van der Waals surface area contributed by atoms with E-state index in [1.165, 1.54) is 7.11 Å². The van der Waals surface area contributed by atoms with Crippen LogP contribution >= 0.6 is 11.6 Å². The molecule has 0 aliphatic heterocycles. The molecule has 0 unspecified atom stereocenters. The van der Waals surface area contributed by atoms with Crippen molar-refractivity contribution in [2.75, 3.05) is 13.1 Å². The molecule has 2 N–H and O–H groups in total. The van der Waals surface area contributed by atoms with E-state index in [1.54, 1.807) is 0 Å². The highest BCUT2D eigenvalue weighted by atomic mass is 35.5. The number of ether oxygens (including phenoxy) is 1. The van der Waals surface area contributed by atoms with Crippen molar-refractivity contribution < 1.29 is 19.4 Å². The van der Waals surface area contributed by atoms with Gasteiger partial charge in [-0.05, 0) is 6.42 Å². The lowest BCUT2D eigenvalue weighted by atomic mass is 10.1. The molecular weight excluding hydrogens is 198 g/mol. The second-order valence-corrected chi connectivity index (χ2v) is 2.61. The molecule has 0 aliphatic carbocycles. The smallest absolute Gasteiger partial charge is 0.322 e. The van der Waals surface area contributed by atoms with E-state index in [1.807, 2.05) is 0 Å². The maximum Gasteiger partial charge on any atom is 0.322 e. The van der Waals surface area contributed by atoms with E-state index < -0.39 is 18.0 Å². The second-order valence-electron chi connectivity index (χ2n) is 2.35. The maximum atomic E-state index is 11.0. The molecule has 0 radical (unpaired) electrons. The molecule has 1 atom stereocenters. The zero-order chi connectivity index (χ0) is 10.3. The average Bonchev–Trinajstić information content (AvgIpc) is 2.10. The molecule has 13 heavy (non-hydrogen) atoms. The maximum absolute atomic E-state index is 11.0. The van der Waals surface area contributed by atoms with Crippen LogP contribution in [0, 0.1) is 0 Å². The van der Waals surface area contributed by atoms with Crippen molar-refractivity contribution in [2.45, 2.75) is 18.9 Å². The van der Waals surface area contributed by atoms with Crippen LogP contribution in [0.25, 0.3) is 0 Å². The third-order valence-corrected chi connectivity index (χ3v) is 1.61. The second kappa shape index (κ2) is 6.68.